The highest BCUT2D eigenvalue weighted by atomic mass is 16.3. The Kier molecular flexibility index (Phi) is 5.16. The second-order valence-electron chi connectivity index (χ2n) is 3.92. The summed E-state index contributed by atoms with van der Waals surface area (Å²) in [6, 6.07) is 1.90. The molecular weight excluding hydrogens is 188 g/mol. The minimum Gasteiger partial charge on any atom is -0.465 e. The molecule has 2 nitrogen and oxygen atoms in total. The molecule has 0 amide bonds. The minimum absolute atomic E-state index is 0.745. The van der Waals surface area contributed by atoms with Crippen molar-refractivity contribution in [2.45, 2.75) is 52.4 Å². The van der Waals surface area contributed by atoms with Crippen LogP contribution in [0.1, 0.15) is 61.4 Å². The summed E-state index contributed by atoms with van der Waals surface area (Å²) in [5.74, 6) is 1.84. The van der Waals surface area contributed by atoms with Crippen LogP contribution in [0.2, 0.25) is 0 Å². The van der Waals surface area contributed by atoms with Gasteiger partial charge in [-0.1, -0.05) is 26.7 Å². The first-order valence-corrected chi connectivity index (χ1v) is 5.88. The van der Waals surface area contributed by atoms with Crippen molar-refractivity contribution in [3.05, 3.63) is 23.2 Å². The van der Waals surface area contributed by atoms with Gasteiger partial charge in [-0.15, -0.1) is 0 Å². The van der Waals surface area contributed by atoms with Crippen molar-refractivity contribution in [3.8, 4) is 0 Å². The van der Waals surface area contributed by atoms with E-state index in [-0.39, 0.29) is 0 Å². The Morgan fingerprint density at radius 2 is 1.87 bits per heavy atom. The van der Waals surface area contributed by atoms with Gasteiger partial charge >= 0.3 is 0 Å². The van der Waals surface area contributed by atoms with E-state index >= 15 is 0 Å². The van der Waals surface area contributed by atoms with E-state index < -0.39 is 0 Å². The fourth-order valence-corrected chi connectivity index (χ4v) is 1.61. The van der Waals surface area contributed by atoms with Crippen LogP contribution in [0.5, 0.6) is 0 Å². The van der Waals surface area contributed by atoms with Crippen LogP contribution >= 0.6 is 0 Å². The third-order valence-corrected chi connectivity index (χ3v) is 2.55. The van der Waals surface area contributed by atoms with Gasteiger partial charge in [-0.2, -0.15) is 0 Å². The highest BCUT2D eigenvalue weighted by Gasteiger charge is 2.09. The fourth-order valence-electron chi connectivity index (χ4n) is 1.61. The van der Waals surface area contributed by atoms with Gasteiger partial charge in [-0.3, -0.25) is 4.79 Å². The van der Waals surface area contributed by atoms with Crippen molar-refractivity contribution in [1.29, 1.82) is 0 Å². The maximum absolute atomic E-state index is 10.8. The van der Waals surface area contributed by atoms with Gasteiger partial charge in [0.15, 0.2) is 6.29 Å². The van der Waals surface area contributed by atoms with Crippen molar-refractivity contribution in [2.75, 3.05) is 0 Å². The van der Waals surface area contributed by atoms with Gasteiger partial charge in [0.05, 0.1) is 5.56 Å². The Morgan fingerprint density at radius 1 is 1.20 bits per heavy atom. The molecule has 15 heavy (non-hydrogen) atoms. The number of rotatable bonds is 7. The molecule has 1 heterocycles. The first kappa shape index (κ1) is 12.0. The summed E-state index contributed by atoms with van der Waals surface area (Å²) >= 11 is 0. The quantitative estimate of drug-likeness (QED) is 0.638. The second kappa shape index (κ2) is 6.44. The van der Waals surface area contributed by atoms with Crippen LogP contribution in [-0.4, -0.2) is 6.29 Å². The average molecular weight is 208 g/mol. The van der Waals surface area contributed by atoms with Crippen LogP contribution in [-0.2, 0) is 12.8 Å². The number of hydrogen-bond donors (Lipinski definition) is 0. The summed E-state index contributed by atoms with van der Waals surface area (Å²) < 4.78 is 5.68. The molecule has 84 valence electrons. The number of unbranched alkanes of at least 4 members (excludes halogenated alkanes) is 2. The minimum atomic E-state index is 0.745. The van der Waals surface area contributed by atoms with Crippen LogP contribution in [0.4, 0.5) is 0 Å². The largest absolute Gasteiger partial charge is 0.465 e. The topological polar surface area (TPSA) is 30.2 Å². The highest BCUT2D eigenvalue weighted by molar-refractivity contribution is 5.76. The normalized spacial score (nSPS) is 10.5. The van der Waals surface area contributed by atoms with Gasteiger partial charge in [-0.05, 0) is 18.9 Å². The third-order valence-electron chi connectivity index (χ3n) is 2.55. The van der Waals surface area contributed by atoms with E-state index in [0.717, 1.165) is 61.9 Å². The van der Waals surface area contributed by atoms with Gasteiger partial charge < -0.3 is 4.42 Å². The lowest BCUT2D eigenvalue weighted by Gasteiger charge is -1.96. The van der Waals surface area contributed by atoms with Gasteiger partial charge in [0, 0.05) is 12.8 Å². The van der Waals surface area contributed by atoms with Crippen molar-refractivity contribution in [3.63, 3.8) is 0 Å². The number of furan rings is 1. The number of aldehydes is 1. The van der Waals surface area contributed by atoms with E-state index in [1.54, 1.807) is 0 Å². The molecule has 0 N–H and O–H groups in total. The molecule has 0 spiro atoms. The lowest BCUT2D eigenvalue weighted by molar-refractivity contribution is 0.112. The summed E-state index contributed by atoms with van der Waals surface area (Å²) in [4.78, 5) is 10.8. The second-order valence-corrected chi connectivity index (χ2v) is 3.92. The number of hydrogen-bond acceptors (Lipinski definition) is 2. The maximum atomic E-state index is 10.8. The molecule has 0 fully saturated rings. The molecule has 1 aromatic heterocycles. The first-order valence-electron chi connectivity index (χ1n) is 5.88. The number of carbonyl (C=O) groups excluding carboxylic acids is 1. The smallest absolute Gasteiger partial charge is 0.153 e. The lowest BCUT2D eigenvalue weighted by Crippen LogP contribution is -1.86. The molecule has 0 aliphatic heterocycles. The molecule has 0 bridgehead atoms. The van der Waals surface area contributed by atoms with Crippen LogP contribution in [0, 0.1) is 0 Å². The number of aryl methyl sites for hydroxylation is 2. The van der Waals surface area contributed by atoms with Crippen LogP contribution in [0.15, 0.2) is 10.5 Å². The Labute approximate surface area is 91.7 Å². The molecule has 0 saturated carbocycles. The predicted octanol–water partition coefficient (Wildman–Crippen LogP) is 3.78. The summed E-state index contributed by atoms with van der Waals surface area (Å²) in [7, 11) is 0. The summed E-state index contributed by atoms with van der Waals surface area (Å²) in [6.07, 6.45) is 7.23. The zero-order chi connectivity index (χ0) is 11.1. The van der Waals surface area contributed by atoms with E-state index in [0.29, 0.717) is 0 Å². The summed E-state index contributed by atoms with van der Waals surface area (Å²) in [6.45, 7) is 4.29. The van der Waals surface area contributed by atoms with Gasteiger partial charge in [0.25, 0.3) is 0 Å². The standard InChI is InChI=1S/C13H20O2/c1-3-5-7-12-9-11(10-14)13(15-12)8-6-4-2/h9-10H,3-8H2,1-2H3. The molecule has 0 saturated heterocycles. The van der Waals surface area contributed by atoms with E-state index in [1.807, 2.05) is 6.07 Å². The van der Waals surface area contributed by atoms with Gasteiger partial charge in [-0.25, -0.2) is 0 Å². The third kappa shape index (κ3) is 3.54. The molecule has 1 aromatic rings. The molecule has 0 aliphatic carbocycles. The van der Waals surface area contributed by atoms with Crippen LogP contribution in [0.25, 0.3) is 0 Å². The molecule has 0 aromatic carbocycles. The predicted molar refractivity (Wildman–Crippen MR) is 61.3 cm³/mol. The van der Waals surface area contributed by atoms with Gasteiger partial charge in [0.2, 0.25) is 0 Å². The summed E-state index contributed by atoms with van der Waals surface area (Å²) in [5.41, 5.74) is 0.745. The Bertz CT molecular complexity index is 299. The van der Waals surface area contributed by atoms with Gasteiger partial charge in [0.1, 0.15) is 11.5 Å². The molecule has 0 atom stereocenters. The van der Waals surface area contributed by atoms with Crippen molar-refractivity contribution < 1.29 is 9.21 Å². The van der Waals surface area contributed by atoms with E-state index in [9.17, 15) is 4.79 Å². The maximum Gasteiger partial charge on any atom is 0.153 e. The lowest BCUT2D eigenvalue weighted by atomic mass is 10.1. The van der Waals surface area contributed by atoms with E-state index in [4.69, 9.17) is 4.42 Å². The Hall–Kier alpha value is -1.05. The van der Waals surface area contributed by atoms with Crippen molar-refractivity contribution >= 4 is 6.29 Å². The van der Waals surface area contributed by atoms with Crippen LogP contribution in [0.3, 0.4) is 0 Å². The van der Waals surface area contributed by atoms with Crippen molar-refractivity contribution in [1.82, 2.24) is 0 Å². The zero-order valence-electron chi connectivity index (χ0n) is 9.71. The van der Waals surface area contributed by atoms with Crippen molar-refractivity contribution in [2.24, 2.45) is 0 Å². The molecule has 0 unspecified atom stereocenters. The zero-order valence-corrected chi connectivity index (χ0v) is 9.71. The molecular formula is C13H20O2. The van der Waals surface area contributed by atoms with Crippen LogP contribution < -0.4 is 0 Å². The van der Waals surface area contributed by atoms with E-state index in [2.05, 4.69) is 13.8 Å². The molecule has 2 heteroatoms. The molecule has 0 aliphatic rings. The molecule has 1 rings (SSSR count). The Balaban J connectivity index is 2.66. The Morgan fingerprint density at radius 3 is 2.47 bits per heavy atom. The average Bonchev–Trinajstić information content (AvgIpc) is 2.66. The van der Waals surface area contributed by atoms with E-state index in [1.165, 1.54) is 0 Å². The first-order chi connectivity index (χ1) is 7.31. The number of carbonyl (C=O) groups is 1. The summed E-state index contributed by atoms with van der Waals surface area (Å²) in [5, 5.41) is 0. The monoisotopic (exact) mass is 208 g/mol. The highest BCUT2D eigenvalue weighted by Crippen LogP contribution is 2.18. The SMILES string of the molecule is CCCCc1cc(C=O)c(CCCC)o1. The fraction of sp³-hybridized carbons (Fsp3) is 0.615. The molecule has 0 radical (unpaired) electrons.